The number of benzene rings is 2. The molecule has 3 rings (SSSR count). The zero-order valence-electron chi connectivity index (χ0n) is 19.5. The van der Waals surface area contributed by atoms with Crippen LogP contribution in [0.5, 0.6) is 5.75 Å². The van der Waals surface area contributed by atoms with Crippen LogP contribution in [0, 0.1) is 5.92 Å². The predicted molar refractivity (Wildman–Crippen MR) is 128 cm³/mol. The maximum atomic E-state index is 13.1. The van der Waals surface area contributed by atoms with E-state index < -0.39 is 11.9 Å². The summed E-state index contributed by atoms with van der Waals surface area (Å²) in [4.78, 5) is 38.7. The highest BCUT2D eigenvalue weighted by Crippen LogP contribution is 2.20. The molecule has 1 atom stereocenters. The van der Waals surface area contributed by atoms with Crippen LogP contribution in [0.3, 0.4) is 0 Å². The smallest absolute Gasteiger partial charge is 0.255 e. The lowest BCUT2D eigenvalue weighted by Crippen LogP contribution is -2.52. The Morgan fingerprint density at radius 1 is 0.909 bits per heavy atom. The van der Waals surface area contributed by atoms with Crippen LogP contribution >= 0.6 is 0 Å². The first-order chi connectivity index (χ1) is 15.9. The van der Waals surface area contributed by atoms with E-state index in [9.17, 15) is 14.4 Å². The highest BCUT2D eigenvalue weighted by molar-refractivity contribution is 6.09. The molecule has 1 aliphatic carbocycles. The summed E-state index contributed by atoms with van der Waals surface area (Å²) in [6.07, 6.45) is 5.39. The summed E-state index contributed by atoms with van der Waals surface area (Å²) >= 11 is 0. The number of nitrogens with one attached hydrogen (secondary N) is 3. The molecular weight excluding hydrogens is 418 g/mol. The fourth-order valence-corrected chi connectivity index (χ4v) is 4.02. The van der Waals surface area contributed by atoms with Gasteiger partial charge in [-0.25, -0.2) is 0 Å². The maximum absolute atomic E-state index is 13.1. The molecular formula is C26H33N3O4. The minimum atomic E-state index is -0.662. The molecule has 176 valence electrons. The fourth-order valence-electron chi connectivity index (χ4n) is 4.02. The number of amides is 3. The van der Waals surface area contributed by atoms with E-state index in [1.807, 2.05) is 13.8 Å². The van der Waals surface area contributed by atoms with Crippen LogP contribution in [0.4, 0.5) is 5.69 Å². The van der Waals surface area contributed by atoms with E-state index in [1.54, 1.807) is 55.6 Å². The lowest BCUT2D eigenvalue weighted by molar-refractivity contribution is -0.124. The molecule has 1 fully saturated rings. The second-order valence-corrected chi connectivity index (χ2v) is 8.77. The second kappa shape index (κ2) is 11.5. The Kier molecular flexibility index (Phi) is 8.46. The third kappa shape index (κ3) is 6.57. The highest BCUT2D eigenvalue weighted by Gasteiger charge is 2.28. The van der Waals surface area contributed by atoms with Crippen molar-refractivity contribution >= 4 is 23.4 Å². The van der Waals surface area contributed by atoms with Gasteiger partial charge in [0.15, 0.2) is 0 Å². The Labute approximate surface area is 195 Å². The van der Waals surface area contributed by atoms with Crippen molar-refractivity contribution in [2.24, 2.45) is 5.92 Å². The number of anilines is 1. The first-order valence-electron chi connectivity index (χ1n) is 11.5. The van der Waals surface area contributed by atoms with E-state index in [-0.39, 0.29) is 23.8 Å². The summed E-state index contributed by atoms with van der Waals surface area (Å²) in [6, 6.07) is 13.0. The number of carbonyl (C=O) groups excluding carboxylic acids is 3. The number of ether oxygens (including phenoxy) is 1. The number of hydrogen-bond acceptors (Lipinski definition) is 4. The van der Waals surface area contributed by atoms with Crippen LogP contribution in [0.15, 0.2) is 48.5 Å². The van der Waals surface area contributed by atoms with Crippen molar-refractivity contribution in [3.8, 4) is 5.75 Å². The number of carbonyl (C=O) groups is 3. The lowest BCUT2D eigenvalue weighted by Gasteiger charge is -2.27. The zero-order chi connectivity index (χ0) is 23.8. The number of hydrogen-bond donors (Lipinski definition) is 3. The van der Waals surface area contributed by atoms with Gasteiger partial charge in [-0.2, -0.15) is 0 Å². The van der Waals surface area contributed by atoms with Crippen molar-refractivity contribution in [3.63, 3.8) is 0 Å². The molecule has 33 heavy (non-hydrogen) atoms. The van der Waals surface area contributed by atoms with E-state index >= 15 is 0 Å². The van der Waals surface area contributed by atoms with Gasteiger partial charge in [-0.05, 0) is 55.2 Å². The van der Waals surface area contributed by atoms with E-state index in [4.69, 9.17) is 4.74 Å². The van der Waals surface area contributed by atoms with Gasteiger partial charge < -0.3 is 20.7 Å². The van der Waals surface area contributed by atoms with Gasteiger partial charge in [0.2, 0.25) is 5.91 Å². The third-order valence-electron chi connectivity index (χ3n) is 5.96. The van der Waals surface area contributed by atoms with Gasteiger partial charge in [-0.1, -0.05) is 45.2 Å². The Balaban J connectivity index is 1.70. The molecule has 0 heterocycles. The number of methoxy groups -OCH3 is 1. The van der Waals surface area contributed by atoms with Gasteiger partial charge in [0.25, 0.3) is 11.8 Å². The van der Waals surface area contributed by atoms with Crippen LogP contribution < -0.4 is 20.7 Å². The second-order valence-electron chi connectivity index (χ2n) is 8.77. The summed E-state index contributed by atoms with van der Waals surface area (Å²) in [7, 11) is 1.56. The molecule has 0 aliphatic heterocycles. The molecule has 0 aromatic heterocycles. The largest absolute Gasteiger partial charge is 0.497 e. The van der Waals surface area contributed by atoms with Crippen molar-refractivity contribution in [2.75, 3.05) is 12.4 Å². The first kappa shape index (κ1) is 24.3. The Morgan fingerprint density at radius 2 is 1.58 bits per heavy atom. The summed E-state index contributed by atoms with van der Waals surface area (Å²) in [5.74, 6) is -0.340. The number of rotatable bonds is 8. The highest BCUT2D eigenvalue weighted by atomic mass is 16.5. The van der Waals surface area contributed by atoms with Crippen LogP contribution in [0.1, 0.15) is 66.7 Å². The zero-order valence-corrected chi connectivity index (χ0v) is 19.5. The quantitative estimate of drug-likeness (QED) is 0.562. The van der Waals surface area contributed by atoms with Crippen molar-refractivity contribution < 1.29 is 19.1 Å². The van der Waals surface area contributed by atoms with Crippen molar-refractivity contribution in [3.05, 3.63) is 59.7 Å². The molecule has 7 heteroatoms. The minimum Gasteiger partial charge on any atom is -0.497 e. The molecule has 0 spiro atoms. The van der Waals surface area contributed by atoms with Crippen molar-refractivity contribution in [1.82, 2.24) is 10.6 Å². The Morgan fingerprint density at radius 3 is 2.21 bits per heavy atom. The minimum absolute atomic E-state index is 0.0846. The molecule has 3 amide bonds. The standard InChI is InChI=1S/C26H33N3O4/c1-17(2)23(26(32)27-19-9-5-4-6-10-19)29-25(31)21-11-7-8-12-22(21)28-24(30)18-13-15-20(33-3)16-14-18/h7-8,11-17,19,23H,4-6,9-10H2,1-3H3,(H,27,32)(H,28,30)(H,29,31). The topological polar surface area (TPSA) is 96.5 Å². The van der Waals surface area contributed by atoms with Crippen LogP contribution in [-0.2, 0) is 4.79 Å². The van der Waals surface area contributed by atoms with E-state index in [2.05, 4.69) is 16.0 Å². The lowest BCUT2D eigenvalue weighted by atomic mass is 9.94. The Hall–Kier alpha value is -3.35. The predicted octanol–water partition coefficient (Wildman–Crippen LogP) is 4.15. The maximum Gasteiger partial charge on any atom is 0.255 e. The average molecular weight is 452 g/mol. The van der Waals surface area contributed by atoms with Gasteiger partial charge in [0, 0.05) is 11.6 Å². The molecule has 1 unspecified atom stereocenters. The van der Waals surface area contributed by atoms with Gasteiger partial charge in [-0.3, -0.25) is 14.4 Å². The molecule has 3 N–H and O–H groups in total. The summed E-state index contributed by atoms with van der Waals surface area (Å²) in [6.45, 7) is 3.81. The Bertz CT molecular complexity index is 966. The molecule has 0 saturated heterocycles. The van der Waals surface area contributed by atoms with E-state index in [0.29, 0.717) is 22.6 Å². The molecule has 7 nitrogen and oxygen atoms in total. The van der Waals surface area contributed by atoms with Gasteiger partial charge in [-0.15, -0.1) is 0 Å². The van der Waals surface area contributed by atoms with E-state index in [1.165, 1.54) is 6.42 Å². The summed E-state index contributed by atoms with van der Waals surface area (Å²) in [5.41, 5.74) is 1.12. The van der Waals surface area contributed by atoms with Gasteiger partial charge in [0.1, 0.15) is 11.8 Å². The molecule has 1 saturated carbocycles. The summed E-state index contributed by atoms with van der Waals surface area (Å²) in [5, 5.41) is 8.77. The third-order valence-corrected chi connectivity index (χ3v) is 5.96. The van der Waals surface area contributed by atoms with Gasteiger partial charge in [0.05, 0.1) is 18.4 Å². The number of para-hydroxylation sites is 1. The summed E-state index contributed by atoms with van der Waals surface area (Å²) < 4.78 is 5.12. The molecule has 2 aromatic rings. The molecule has 1 aliphatic rings. The first-order valence-corrected chi connectivity index (χ1v) is 11.5. The van der Waals surface area contributed by atoms with Crippen LogP contribution in [0.2, 0.25) is 0 Å². The van der Waals surface area contributed by atoms with Crippen LogP contribution in [-0.4, -0.2) is 36.9 Å². The molecule has 0 radical (unpaired) electrons. The van der Waals surface area contributed by atoms with Crippen molar-refractivity contribution in [2.45, 2.75) is 58.0 Å². The normalized spacial score (nSPS) is 14.9. The fraction of sp³-hybridized carbons (Fsp3) is 0.423. The monoisotopic (exact) mass is 451 g/mol. The SMILES string of the molecule is COc1ccc(C(=O)Nc2ccccc2C(=O)NC(C(=O)NC2CCCCC2)C(C)C)cc1. The van der Waals surface area contributed by atoms with Crippen LogP contribution in [0.25, 0.3) is 0 Å². The average Bonchev–Trinajstić information content (AvgIpc) is 2.83. The van der Waals surface area contributed by atoms with Gasteiger partial charge >= 0.3 is 0 Å². The van der Waals surface area contributed by atoms with E-state index in [0.717, 1.165) is 25.7 Å². The molecule has 0 bridgehead atoms. The molecule has 2 aromatic carbocycles. The van der Waals surface area contributed by atoms with Crippen molar-refractivity contribution in [1.29, 1.82) is 0 Å².